The summed E-state index contributed by atoms with van der Waals surface area (Å²) in [4.78, 5) is 4.69. The van der Waals surface area contributed by atoms with Crippen LogP contribution < -0.4 is 16.0 Å². The monoisotopic (exact) mass is 375 g/mol. The van der Waals surface area contributed by atoms with E-state index in [4.69, 9.17) is 5.26 Å². The molecule has 1 aromatic heterocycles. The van der Waals surface area contributed by atoms with E-state index in [1.807, 2.05) is 37.3 Å². The fourth-order valence-electron chi connectivity index (χ4n) is 3.75. The summed E-state index contributed by atoms with van der Waals surface area (Å²) in [7, 11) is 0. The van der Waals surface area contributed by atoms with E-state index in [0.29, 0.717) is 12.3 Å². The Morgan fingerprint density at radius 1 is 1.21 bits per heavy atom. The third-order valence-corrected chi connectivity index (χ3v) is 5.18. The second kappa shape index (κ2) is 8.17. The minimum atomic E-state index is -0.275. The molecule has 1 atom stereocenters. The summed E-state index contributed by atoms with van der Waals surface area (Å²) in [5.74, 6) is 2.17. The van der Waals surface area contributed by atoms with Gasteiger partial charge in [-0.1, -0.05) is 25.0 Å². The zero-order valence-corrected chi connectivity index (χ0v) is 16.0. The molecule has 7 heteroatoms. The Balaban J connectivity index is 1.42. The molecule has 0 saturated heterocycles. The summed E-state index contributed by atoms with van der Waals surface area (Å²) in [6.45, 7) is 2.01. The number of hydrogen-bond acceptors (Lipinski definition) is 6. The lowest BCUT2D eigenvalue weighted by atomic mass is 10.0. The SMILES string of the molecule is CC1=CC(Nc2cc(C3CCCC3)[nH]n2)=NC(Nc2ccc(CC#N)cc2)N1. The van der Waals surface area contributed by atoms with E-state index in [0.717, 1.165) is 28.6 Å². The smallest absolute Gasteiger partial charge is 0.196 e. The van der Waals surface area contributed by atoms with Gasteiger partial charge in [-0.15, -0.1) is 0 Å². The van der Waals surface area contributed by atoms with E-state index in [1.165, 1.54) is 31.4 Å². The van der Waals surface area contributed by atoms with Crippen LogP contribution in [-0.4, -0.2) is 22.3 Å². The van der Waals surface area contributed by atoms with Crippen LogP contribution in [0.1, 0.15) is 49.8 Å². The maximum atomic E-state index is 8.78. The van der Waals surface area contributed by atoms with Gasteiger partial charge in [0.1, 0.15) is 5.84 Å². The molecule has 1 aliphatic carbocycles. The number of aliphatic imine (C=N–C) groups is 1. The predicted octanol–water partition coefficient (Wildman–Crippen LogP) is 3.85. The summed E-state index contributed by atoms with van der Waals surface area (Å²) < 4.78 is 0. The Bertz CT molecular complexity index is 911. The van der Waals surface area contributed by atoms with Crippen molar-refractivity contribution in [3.05, 3.63) is 53.4 Å². The Morgan fingerprint density at radius 3 is 2.75 bits per heavy atom. The highest BCUT2D eigenvalue weighted by Gasteiger charge is 2.20. The summed E-state index contributed by atoms with van der Waals surface area (Å²) in [5.41, 5.74) is 4.17. The largest absolute Gasteiger partial charge is 0.350 e. The lowest BCUT2D eigenvalue weighted by molar-refractivity contribution is 0.649. The molecular weight excluding hydrogens is 350 g/mol. The molecule has 2 heterocycles. The molecule has 0 spiro atoms. The number of aromatic amines is 1. The minimum Gasteiger partial charge on any atom is -0.350 e. The second-order valence-electron chi connectivity index (χ2n) is 7.38. The van der Waals surface area contributed by atoms with Gasteiger partial charge in [-0.05, 0) is 43.5 Å². The van der Waals surface area contributed by atoms with Crippen LogP contribution in [0.25, 0.3) is 0 Å². The van der Waals surface area contributed by atoms with E-state index in [-0.39, 0.29) is 6.29 Å². The van der Waals surface area contributed by atoms with Crippen molar-refractivity contribution in [2.45, 2.75) is 51.2 Å². The Kier molecular flexibility index (Phi) is 5.29. The van der Waals surface area contributed by atoms with Crippen LogP contribution in [0.4, 0.5) is 11.5 Å². The molecule has 7 nitrogen and oxygen atoms in total. The number of hydrogen-bond donors (Lipinski definition) is 4. The zero-order chi connectivity index (χ0) is 19.3. The summed E-state index contributed by atoms with van der Waals surface area (Å²) in [5, 5.41) is 26.3. The van der Waals surface area contributed by atoms with Gasteiger partial charge < -0.3 is 16.0 Å². The fourth-order valence-corrected chi connectivity index (χ4v) is 3.75. The molecule has 0 radical (unpaired) electrons. The van der Waals surface area contributed by atoms with Crippen molar-refractivity contribution in [3.8, 4) is 6.07 Å². The number of aromatic nitrogens is 2. The van der Waals surface area contributed by atoms with Crippen LogP contribution in [0.3, 0.4) is 0 Å². The lowest BCUT2D eigenvalue weighted by Gasteiger charge is -2.24. The molecule has 0 bridgehead atoms. The van der Waals surface area contributed by atoms with E-state index in [9.17, 15) is 0 Å². The molecule has 1 aliphatic heterocycles. The number of nitrogens with zero attached hydrogens (tertiary/aromatic N) is 3. The van der Waals surface area contributed by atoms with Crippen molar-refractivity contribution in [2.75, 3.05) is 10.6 Å². The van der Waals surface area contributed by atoms with E-state index in [1.54, 1.807) is 0 Å². The van der Waals surface area contributed by atoms with Crippen molar-refractivity contribution in [1.82, 2.24) is 15.5 Å². The van der Waals surface area contributed by atoms with E-state index >= 15 is 0 Å². The number of nitriles is 1. The zero-order valence-electron chi connectivity index (χ0n) is 16.0. The molecular formula is C21H25N7. The Labute approximate surface area is 165 Å². The van der Waals surface area contributed by atoms with Crippen molar-refractivity contribution in [2.24, 2.45) is 4.99 Å². The molecule has 0 amide bonds. The van der Waals surface area contributed by atoms with Gasteiger partial charge in [-0.3, -0.25) is 5.10 Å². The van der Waals surface area contributed by atoms with Gasteiger partial charge in [0.25, 0.3) is 0 Å². The van der Waals surface area contributed by atoms with Crippen molar-refractivity contribution in [3.63, 3.8) is 0 Å². The van der Waals surface area contributed by atoms with Crippen molar-refractivity contribution < 1.29 is 0 Å². The first-order chi connectivity index (χ1) is 13.7. The molecule has 1 saturated carbocycles. The topological polar surface area (TPSA) is 101 Å². The van der Waals surface area contributed by atoms with Gasteiger partial charge in [0.15, 0.2) is 12.1 Å². The van der Waals surface area contributed by atoms with Gasteiger partial charge >= 0.3 is 0 Å². The Hall–Kier alpha value is -3.27. The second-order valence-corrected chi connectivity index (χ2v) is 7.38. The molecule has 28 heavy (non-hydrogen) atoms. The third kappa shape index (κ3) is 4.34. The lowest BCUT2D eigenvalue weighted by Crippen LogP contribution is -2.38. The molecule has 2 aliphatic rings. The van der Waals surface area contributed by atoms with Gasteiger partial charge in [-0.2, -0.15) is 10.4 Å². The Morgan fingerprint density at radius 2 is 2.00 bits per heavy atom. The third-order valence-electron chi connectivity index (χ3n) is 5.18. The number of amidine groups is 1. The van der Waals surface area contributed by atoms with E-state index < -0.39 is 0 Å². The highest BCUT2D eigenvalue weighted by Crippen LogP contribution is 2.33. The number of allylic oxidation sites excluding steroid dienone is 1. The molecule has 1 unspecified atom stereocenters. The minimum absolute atomic E-state index is 0.275. The average molecular weight is 375 g/mol. The first kappa shape index (κ1) is 18.1. The highest BCUT2D eigenvalue weighted by molar-refractivity contribution is 6.04. The van der Waals surface area contributed by atoms with Crippen molar-refractivity contribution in [1.29, 1.82) is 5.26 Å². The van der Waals surface area contributed by atoms with Gasteiger partial charge in [0, 0.05) is 29.1 Å². The van der Waals surface area contributed by atoms with Gasteiger partial charge in [0.05, 0.1) is 12.5 Å². The molecule has 1 fully saturated rings. The first-order valence-electron chi connectivity index (χ1n) is 9.77. The summed E-state index contributed by atoms with van der Waals surface area (Å²) >= 11 is 0. The number of nitrogens with one attached hydrogen (secondary N) is 4. The molecule has 4 rings (SSSR count). The quantitative estimate of drug-likeness (QED) is 0.636. The maximum absolute atomic E-state index is 8.78. The molecule has 144 valence electrons. The normalized spacial score (nSPS) is 19.4. The first-order valence-corrected chi connectivity index (χ1v) is 9.77. The molecule has 4 N–H and O–H groups in total. The molecule has 1 aromatic carbocycles. The van der Waals surface area contributed by atoms with Crippen LogP contribution >= 0.6 is 0 Å². The number of anilines is 2. The summed E-state index contributed by atoms with van der Waals surface area (Å²) in [6.07, 6.45) is 7.20. The predicted molar refractivity (Wildman–Crippen MR) is 111 cm³/mol. The van der Waals surface area contributed by atoms with Crippen LogP contribution in [0.5, 0.6) is 0 Å². The maximum Gasteiger partial charge on any atom is 0.196 e. The van der Waals surface area contributed by atoms with Gasteiger partial charge in [0.2, 0.25) is 0 Å². The molecule has 2 aromatic rings. The highest BCUT2D eigenvalue weighted by atomic mass is 15.3. The summed E-state index contributed by atoms with van der Waals surface area (Å²) in [6, 6.07) is 12.1. The average Bonchev–Trinajstić information content (AvgIpc) is 3.35. The standard InChI is InChI=1S/C21H25N7/c1-14-12-19(25-20-13-18(27-28-20)16-4-2-3-5-16)26-21(23-14)24-17-8-6-15(7-9-17)10-11-22/h6-9,12-13,16,21,23-24H,2-5,10H2,1H3,(H2,25,26,27,28). The fraction of sp³-hybridized carbons (Fsp3) is 0.381. The number of rotatable bonds is 5. The van der Waals surface area contributed by atoms with Crippen LogP contribution in [0.2, 0.25) is 0 Å². The number of benzene rings is 1. The number of H-pyrrole nitrogens is 1. The van der Waals surface area contributed by atoms with Crippen LogP contribution in [-0.2, 0) is 6.42 Å². The van der Waals surface area contributed by atoms with E-state index in [2.05, 4.69) is 43.3 Å². The van der Waals surface area contributed by atoms with Crippen LogP contribution in [0, 0.1) is 11.3 Å². The van der Waals surface area contributed by atoms with Crippen LogP contribution in [0.15, 0.2) is 47.1 Å². The van der Waals surface area contributed by atoms with Crippen molar-refractivity contribution >= 4 is 17.3 Å². The van der Waals surface area contributed by atoms with Gasteiger partial charge in [-0.25, -0.2) is 4.99 Å².